The molecule has 0 aromatic carbocycles. The normalized spacial score (nSPS) is 13.9. The van der Waals surface area contributed by atoms with Crippen LogP contribution in [-0.4, -0.2) is 32.7 Å². The second kappa shape index (κ2) is 11.0. The quantitative estimate of drug-likeness (QED) is 0.437. The topological polar surface area (TPSA) is 54.0 Å². The van der Waals surface area contributed by atoms with Crippen molar-refractivity contribution >= 4 is 6.29 Å². The van der Waals surface area contributed by atoms with Gasteiger partial charge in [0, 0.05) is 0 Å². The van der Waals surface area contributed by atoms with Gasteiger partial charge in [-0.25, -0.2) is 0 Å². The van der Waals surface area contributed by atoms with Gasteiger partial charge in [-0.1, -0.05) is 0 Å². The third-order valence-corrected chi connectivity index (χ3v) is 12.3. The molecule has 0 heterocycles. The zero-order valence-corrected chi connectivity index (χ0v) is 15.9. The molecule has 0 spiro atoms. The molecule has 0 radical (unpaired) electrons. The fraction of sp³-hybridized carbons (Fsp3) is 0.929. The van der Waals surface area contributed by atoms with Crippen molar-refractivity contribution in [3.8, 4) is 0 Å². The minimum absolute atomic E-state index is 0.112. The van der Waals surface area contributed by atoms with Crippen molar-refractivity contribution in [1.82, 2.24) is 0 Å². The van der Waals surface area contributed by atoms with Crippen LogP contribution < -0.4 is 0 Å². The van der Waals surface area contributed by atoms with Gasteiger partial charge in [0.05, 0.1) is 0 Å². The summed E-state index contributed by atoms with van der Waals surface area (Å²) in [5, 5.41) is 0. The van der Waals surface area contributed by atoms with Crippen LogP contribution in [0.15, 0.2) is 0 Å². The van der Waals surface area contributed by atoms with Crippen LogP contribution in [0, 0.1) is 0 Å². The first-order chi connectivity index (χ1) is 9.62. The second-order valence-electron chi connectivity index (χ2n) is 4.84. The zero-order chi connectivity index (χ0) is 15.3. The molecule has 6 heteroatoms. The molecule has 0 saturated heterocycles. The molecule has 0 fully saturated rings. The van der Waals surface area contributed by atoms with Gasteiger partial charge in [-0.15, -0.1) is 0 Å². The van der Waals surface area contributed by atoms with E-state index in [1.54, 1.807) is 0 Å². The molecule has 20 heavy (non-hydrogen) atoms. The maximum atomic E-state index is 11.2. The summed E-state index contributed by atoms with van der Waals surface area (Å²) in [6.07, 6.45) is 4.17. The Hall–Kier alpha value is 0.393. The predicted octanol–water partition coefficient (Wildman–Crippen LogP) is 3.66. The van der Waals surface area contributed by atoms with Gasteiger partial charge in [0.2, 0.25) is 0 Å². The summed E-state index contributed by atoms with van der Waals surface area (Å²) < 4.78 is 24.2. The Bertz CT molecular complexity index is 216. The Kier molecular flexibility index (Phi) is 11.2. The average Bonchev–Trinajstić information content (AvgIpc) is 2.48. The third-order valence-electron chi connectivity index (χ3n) is 2.76. The summed E-state index contributed by atoms with van der Waals surface area (Å²) in [6.45, 7) is 10.1. The van der Waals surface area contributed by atoms with Crippen molar-refractivity contribution in [1.29, 1.82) is 0 Å². The van der Waals surface area contributed by atoms with Crippen LogP contribution in [0.4, 0.5) is 0 Å². The van der Waals surface area contributed by atoms with E-state index in [4.69, 9.17) is 11.3 Å². The van der Waals surface area contributed by atoms with Crippen molar-refractivity contribution < 1.29 is 36.6 Å². The fourth-order valence-electron chi connectivity index (χ4n) is 1.82. The molecule has 0 bridgehead atoms. The van der Waals surface area contributed by atoms with Crippen molar-refractivity contribution in [2.75, 3.05) is 26.4 Å². The van der Waals surface area contributed by atoms with Crippen LogP contribution >= 0.6 is 0 Å². The predicted molar refractivity (Wildman–Crippen MR) is 75.8 cm³/mol. The fourth-order valence-corrected chi connectivity index (χ4v) is 10.8. The van der Waals surface area contributed by atoms with E-state index in [9.17, 15) is 4.79 Å². The SMILES string of the molecule is CCC[O][Zr]([CH2]C=O)([O]CCC)([O]CCC)[O]CCC. The van der Waals surface area contributed by atoms with Crippen LogP contribution in [0.2, 0.25) is 4.13 Å². The Labute approximate surface area is 126 Å². The van der Waals surface area contributed by atoms with E-state index < -0.39 is 20.5 Å². The first kappa shape index (κ1) is 20.4. The summed E-state index contributed by atoms with van der Waals surface area (Å²) in [5.74, 6) is 0. The van der Waals surface area contributed by atoms with Crippen molar-refractivity contribution in [3.05, 3.63) is 0 Å². The molecule has 0 N–H and O–H groups in total. The van der Waals surface area contributed by atoms with Crippen LogP contribution in [0.1, 0.15) is 53.4 Å². The van der Waals surface area contributed by atoms with Crippen LogP contribution in [0.3, 0.4) is 0 Å². The molecular formula is C14H31O5Zr. The summed E-state index contributed by atoms with van der Waals surface area (Å²) >= 11 is -4.82. The monoisotopic (exact) mass is 369 g/mol. The van der Waals surface area contributed by atoms with E-state index in [2.05, 4.69) is 0 Å². The van der Waals surface area contributed by atoms with Gasteiger partial charge >= 0.3 is 127 Å². The molecule has 0 aliphatic rings. The molecule has 0 aromatic heterocycles. The summed E-state index contributed by atoms with van der Waals surface area (Å²) in [5.41, 5.74) is 0. The molecule has 0 atom stereocenters. The average molecular weight is 371 g/mol. The van der Waals surface area contributed by atoms with E-state index in [0.717, 1.165) is 32.0 Å². The summed E-state index contributed by atoms with van der Waals surface area (Å²) in [4.78, 5) is 11.2. The molecule has 0 saturated carbocycles. The first-order valence-electron chi connectivity index (χ1n) is 7.80. The number of carbonyl (C=O) groups is 1. The summed E-state index contributed by atoms with van der Waals surface area (Å²) in [6, 6.07) is 0. The molecule has 0 aliphatic carbocycles. The van der Waals surface area contributed by atoms with Gasteiger partial charge in [-0.2, -0.15) is 0 Å². The van der Waals surface area contributed by atoms with Gasteiger partial charge in [0.1, 0.15) is 0 Å². The van der Waals surface area contributed by atoms with Crippen molar-refractivity contribution in [2.45, 2.75) is 57.5 Å². The molecule has 0 unspecified atom stereocenters. The molecular weight excluding hydrogens is 339 g/mol. The van der Waals surface area contributed by atoms with E-state index in [0.29, 0.717) is 26.4 Å². The molecule has 121 valence electrons. The Morgan fingerprint density at radius 1 is 0.700 bits per heavy atom. The molecule has 0 aromatic rings. The van der Waals surface area contributed by atoms with Crippen LogP contribution in [0.25, 0.3) is 0 Å². The van der Waals surface area contributed by atoms with Gasteiger partial charge in [0.15, 0.2) is 0 Å². The molecule has 0 rings (SSSR count). The Balaban J connectivity index is 5.31. The molecule has 0 amide bonds. The number of hydrogen-bond donors (Lipinski definition) is 0. The standard InChI is InChI=1S/4C3H7O.C2H3O.Zr/c4*1-2-3-4;1-2-3;/h4*2-3H2,1H3;2H,1H2;/q4*-1;;+4. The second-order valence-corrected chi connectivity index (χ2v) is 14.0. The zero-order valence-electron chi connectivity index (χ0n) is 13.5. The van der Waals surface area contributed by atoms with Gasteiger partial charge < -0.3 is 0 Å². The number of carbonyl (C=O) groups excluding carboxylic acids is 1. The maximum absolute atomic E-state index is 11.2. The molecule has 0 aliphatic heterocycles. The van der Waals surface area contributed by atoms with Crippen LogP contribution in [-0.2, 0) is 36.6 Å². The van der Waals surface area contributed by atoms with E-state index in [1.807, 2.05) is 27.7 Å². The van der Waals surface area contributed by atoms with Gasteiger partial charge in [-0.3, -0.25) is 0 Å². The van der Waals surface area contributed by atoms with Gasteiger partial charge in [0.25, 0.3) is 0 Å². The Morgan fingerprint density at radius 2 is 1.00 bits per heavy atom. The van der Waals surface area contributed by atoms with E-state index in [1.165, 1.54) is 0 Å². The van der Waals surface area contributed by atoms with E-state index >= 15 is 0 Å². The van der Waals surface area contributed by atoms with Crippen molar-refractivity contribution in [2.24, 2.45) is 0 Å². The summed E-state index contributed by atoms with van der Waals surface area (Å²) in [7, 11) is 0. The Morgan fingerprint density at radius 3 is 1.20 bits per heavy atom. The first-order valence-corrected chi connectivity index (χ1v) is 13.5. The van der Waals surface area contributed by atoms with Crippen LogP contribution in [0.5, 0.6) is 0 Å². The number of rotatable bonds is 14. The molecule has 5 nitrogen and oxygen atoms in total. The van der Waals surface area contributed by atoms with E-state index in [-0.39, 0.29) is 4.13 Å². The third kappa shape index (κ3) is 6.44. The van der Waals surface area contributed by atoms with Crippen molar-refractivity contribution in [3.63, 3.8) is 0 Å². The van der Waals surface area contributed by atoms with Gasteiger partial charge in [-0.05, 0) is 0 Å². The number of aldehydes is 1. The minimum atomic E-state index is -4.82. The number of hydrogen-bond acceptors (Lipinski definition) is 5.